The first-order chi connectivity index (χ1) is 9.90. The van der Waals surface area contributed by atoms with Gasteiger partial charge in [-0.1, -0.05) is 13.8 Å². The van der Waals surface area contributed by atoms with E-state index in [1.807, 2.05) is 41.4 Å². The van der Waals surface area contributed by atoms with E-state index in [-0.39, 0.29) is 5.92 Å². The number of carbonyl (C=O) groups is 1. The van der Waals surface area contributed by atoms with Gasteiger partial charge in [-0.25, -0.2) is 4.98 Å². The molecule has 0 atom stereocenters. The highest BCUT2D eigenvalue weighted by Crippen LogP contribution is 2.49. The summed E-state index contributed by atoms with van der Waals surface area (Å²) in [4.78, 5) is 16.7. The van der Waals surface area contributed by atoms with E-state index < -0.39 is 6.72 Å². The summed E-state index contributed by atoms with van der Waals surface area (Å²) in [6, 6.07) is 1.74. The van der Waals surface area contributed by atoms with Crippen molar-refractivity contribution in [1.82, 2.24) is 9.97 Å². The van der Waals surface area contributed by atoms with E-state index in [1.54, 1.807) is 6.07 Å². The smallest absolute Gasteiger partial charge is 0.381 e. The quantitative estimate of drug-likeness (QED) is 0.708. The molecule has 1 aromatic heterocycles. The van der Waals surface area contributed by atoms with Crippen molar-refractivity contribution in [1.29, 1.82) is 0 Å². The Kier molecular flexibility index (Phi) is 9.53. The summed E-state index contributed by atoms with van der Waals surface area (Å²) in [5.74, 6) is 1.37. The lowest BCUT2D eigenvalue weighted by molar-refractivity contribution is -0.0979. The van der Waals surface area contributed by atoms with E-state index in [0.29, 0.717) is 19.1 Å². The Bertz CT molecular complexity index is 475. The summed E-state index contributed by atoms with van der Waals surface area (Å²) >= 11 is 5.32. The average Bonchev–Trinajstić information content (AvgIpc) is 2.40. The molecule has 0 amide bonds. The lowest BCUT2D eigenvalue weighted by Gasteiger charge is -2.20. The Balaban J connectivity index is 0.00000191. The predicted octanol–water partition coefficient (Wildman–Crippen LogP) is 3.40. The van der Waals surface area contributed by atoms with Gasteiger partial charge in [0.1, 0.15) is 12.6 Å². The first-order valence-corrected chi connectivity index (χ1v) is 9.19. The van der Waals surface area contributed by atoms with E-state index in [9.17, 15) is 0 Å². The third-order valence-electron chi connectivity index (χ3n) is 2.14. The first kappa shape index (κ1) is 20.1. The van der Waals surface area contributed by atoms with Gasteiger partial charge in [-0.05, 0) is 20.8 Å². The Morgan fingerprint density at radius 1 is 1.24 bits per heavy atom. The highest BCUT2D eigenvalue weighted by Gasteiger charge is 2.22. The minimum atomic E-state index is -2.77. The molecule has 0 N–H and O–H groups in total. The Morgan fingerprint density at radius 2 is 1.76 bits per heavy atom. The molecule has 0 spiro atoms. The molecule has 120 valence electrons. The van der Waals surface area contributed by atoms with Crippen LogP contribution in [-0.4, -0.2) is 30.0 Å². The summed E-state index contributed by atoms with van der Waals surface area (Å²) in [6.07, 6.45) is 0. The second-order valence-electron chi connectivity index (χ2n) is 4.23. The lowest BCUT2D eigenvalue weighted by Crippen LogP contribution is -2.06. The normalized spacial score (nSPS) is 11.0. The molecule has 0 bridgehead atoms. The van der Waals surface area contributed by atoms with E-state index in [4.69, 9.17) is 30.2 Å². The summed E-state index contributed by atoms with van der Waals surface area (Å²) in [7, 11) is 0. The average molecular weight is 334 g/mol. The maximum atomic E-state index is 8.00. The fourth-order valence-corrected chi connectivity index (χ4v) is 3.38. The monoisotopic (exact) mass is 334 g/mol. The highest BCUT2D eigenvalue weighted by molar-refractivity contribution is 8.07. The van der Waals surface area contributed by atoms with Gasteiger partial charge in [0.25, 0.3) is 0 Å². The van der Waals surface area contributed by atoms with Gasteiger partial charge in [-0.2, -0.15) is 4.98 Å². The van der Waals surface area contributed by atoms with Gasteiger partial charge in [0.15, 0.2) is 0 Å². The van der Waals surface area contributed by atoms with Crippen LogP contribution >= 0.6 is 6.72 Å². The zero-order valence-corrected chi connectivity index (χ0v) is 14.9. The van der Waals surface area contributed by atoms with Crippen molar-refractivity contribution < 1.29 is 18.4 Å². The summed E-state index contributed by atoms with van der Waals surface area (Å²) in [6.45, 7) is 9.78. The third-order valence-corrected chi connectivity index (χ3v) is 4.56. The number of carbonyl (C=O) groups excluding carboxylic acids is 1. The second kappa shape index (κ2) is 9.95. The van der Waals surface area contributed by atoms with Crippen molar-refractivity contribution in [3.63, 3.8) is 0 Å². The molecule has 6 nitrogen and oxygen atoms in total. The summed E-state index contributed by atoms with van der Waals surface area (Å²) in [5.41, 5.74) is 0.836. The van der Waals surface area contributed by atoms with Crippen molar-refractivity contribution in [3.05, 3.63) is 17.6 Å². The summed E-state index contributed by atoms with van der Waals surface area (Å²) < 4.78 is 16.6. The molecule has 0 fully saturated rings. The summed E-state index contributed by atoms with van der Waals surface area (Å²) in [5, 5.41) is 0. The van der Waals surface area contributed by atoms with Crippen LogP contribution in [0.15, 0.2) is 6.07 Å². The zero-order valence-electron chi connectivity index (χ0n) is 13.2. The Labute approximate surface area is 131 Å². The van der Waals surface area contributed by atoms with Gasteiger partial charge in [-0.3, -0.25) is 9.05 Å². The molecular weight excluding hydrogens is 311 g/mol. The van der Waals surface area contributed by atoms with Crippen LogP contribution in [0.4, 0.5) is 0 Å². The number of hydrogen-bond acceptors (Lipinski definition) is 7. The first-order valence-electron chi connectivity index (χ1n) is 6.63. The number of aromatic nitrogens is 2. The van der Waals surface area contributed by atoms with E-state index in [2.05, 4.69) is 9.97 Å². The topological polar surface area (TPSA) is 70.5 Å². The van der Waals surface area contributed by atoms with E-state index in [1.165, 1.54) is 0 Å². The SMILES string of the molecule is C=O.CCOP(=S)(OCC)Oc1cc(C)nc(C(C)C)n1. The zero-order chi connectivity index (χ0) is 16.5. The van der Waals surface area contributed by atoms with Crippen LogP contribution in [0.1, 0.15) is 45.1 Å². The third kappa shape index (κ3) is 7.09. The fraction of sp³-hybridized carbons (Fsp3) is 0.615. The van der Waals surface area contributed by atoms with E-state index >= 15 is 0 Å². The van der Waals surface area contributed by atoms with Crippen molar-refractivity contribution in [2.75, 3.05) is 13.2 Å². The van der Waals surface area contributed by atoms with Gasteiger partial charge >= 0.3 is 6.72 Å². The predicted molar refractivity (Wildman–Crippen MR) is 86.1 cm³/mol. The van der Waals surface area contributed by atoms with Crippen molar-refractivity contribution in [2.45, 2.75) is 40.5 Å². The van der Waals surface area contributed by atoms with Gasteiger partial charge in [-0.15, -0.1) is 0 Å². The molecule has 0 saturated heterocycles. The van der Waals surface area contributed by atoms with Crippen LogP contribution in [-0.2, 0) is 25.6 Å². The van der Waals surface area contributed by atoms with Crippen LogP contribution in [0.3, 0.4) is 0 Å². The Hall–Kier alpha value is -0.880. The standard InChI is InChI=1S/C12H21N2O3PS.CH2O/c1-6-15-18(19,16-7-2)17-11-8-10(5)13-12(14-11)9(3)4;1-2/h8-9H,6-7H2,1-5H3;1H2. The maximum Gasteiger partial charge on any atom is 0.381 e. The van der Waals surface area contributed by atoms with Crippen molar-refractivity contribution in [2.24, 2.45) is 0 Å². The molecule has 1 aromatic rings. The number of aryl methyl sites for hydroxylation is 1. The number of nitrogens with zero attached hydrogens (tertiary/aromatic N) is 2. The van der Waals surface area contributed by atoms with Crippen LogP contribution in [0, 0.1) is 6.92 Å². The second-order valence-corrected chi connectivity index (χ2v) is 7.17. The molecule has 0 unspecified atom stereocenters. The van der Waals surface area contributed by atoms with E-state index in [0.717, 1.165) is 11.5 Å². The molecule has 0 saturated carbocycles. The number of hydrogen-bond donors (Lipinski definition) is 0. The molecule has 0 aliphatic heterocycles. The molecule has 8 heteroatoms. The fourth-order valence-electron chi connectivity index (χ4n) is 1.39. The largest absolute Gasteiger partial charge is 0.406 e. The van der Waals surface area contributed by atoms with Gasteiger partial charge in [0, 0.05) is 29.5 Å². The van der Waals surface area contributed by atoms with Crippen LogP contribution < -0.4 is 4.52 Å². The molecule has 0 aromatic carbocycles. The maximum absolute atomic E-state index is 8.00. The van der Waals surface area contributed by atoms with Gasteiger partial charge in [0.2, 0.25) is 5.88 Å². The molecule has 0 aliphatic rings. The van der Waals surface area contributed by atoms with Crippen LogP contribution in [0.5, 0.6) is 5.88 Å². The van der Waals surface area contributed by atoms with Gasteiger partial charge in [0.05, 0.1) is 13.2 Å². The molecule has 21 heavy (non-hydrogen) atoms. The molecule has 1 rings (SSSR count). The molecule has 0 radical (unpaired) electrons. The molecule has 1 heterocycles. The Morgan fingerprint density at radius 3 is 2.19 bits per heavy atom. The van der Waals surface area contributed by atoms with Crippen LogP contribution in [0.2, 0.25) is 0 Å². The molecular formula is C13H23N2O4PS. The van der Waals surface area contributed by atoms with Crippen molar-refractivity contribution in [3.8, 4) is 5.88 Å². The van der Waals surface area contributed by atoms with Crippen molar-refractivity contribution >= 4 is 25.3 Å². The van der Waals surface area contributed by atoms with Gasteiger partial charge < -0.3 is 9.32 Å². The number of rotatable bonds is 7. The minimum Gasteiger partial charge on any atom is -0.406 e. The highest BCUT2D eigenvalue weighted by atomic mass is 32.5. The molecule has 0 aliphatic carbocycles. The minimum absolute atomic E-state index is 0.222. The van der Waals surface area contributed by atoms with Crippen LogP contribution in [0.25, 0.3) is 0 Å². The lowest BCUT2D eigenvalue weighted by atomic mass is 10.2.